The first-order valence-corrected chi connectivity index (χ1v) is 4.10. The van der Waals surface area contributed by atoms with Crippen LogP contribution in [0.2, 0.25) is 0 Å². The number of allylic oxidation sites excluding steroid dienone is 1. The van der Waals surface area contributed by atoms with E-state index in [9.17, 15) is 0 Å². The van der Waals surface area contributed by atoms with E-state index in [0.29, 0.717) is 13.2 Å². The van der Waals surface area contributed by atoms with E-state index in [1.807, 2.05) is 6.92 Å². The Kier molecular flexibility index (Phi) is 3.09. The van der Waals surface area contributed by atoms with Crippen molar-refractivity contribution in [3.8, 4) is 0 Å². The van der Waals surface area contributed by atoms with Crippen molar-refractivity contribution in [2.75, 3.05) is 20.3 Å². The van der Waals surface area contributed by atoms with Crippen molar-refractivity contribution in [2.45, 2.75) is 25.4 Å². The molecular weight excluding hydrogens is 140 g/mol. The molecule has 64 valence electrons. The molecule has 0 amide bonds. The van der Waals surface area contributed by atoms with Gasteiger partial charge in [-0.1, -0.05) is 12.2 Å². The predicted octanol–water partition coefficient (Wildman–Crippen LogP) is 1.76. The van der Waals surface area contributed by atoms with Gasteiger partial charge in [0.2, 0.25) is 0 Å². The molecule has 0 saturated heterocycles. The summed E-state index contributed by atoms with van der Waals surface area (Å²) in [7, 11) is 1.69. The lowest BCUT2D eigenvalue weighted by Crippen LogP contribution is -2.14. The molecule has 0 spiro atoms. The number of hydrogen-bond acceptors (Lipinski definition) is 2. The third-order valence-electron chi connectivity index (χ3n) is 1.89. The standard InChI is InChI=1S/C9H16O2/c1-3-4-9(5-6-9)11-8-7-10-2/h3-4H,5-8H2,1-2H3/b4-3+. The molecule has 2 heteroatoms. The molecule has 11 heavy (non-hydrogen) atoms. The Bertz CT molecular complexity index is 136. The van der Waals surface area contributed by atoms with E-state index in [1.165, 1.54) is 12.8 Å². The van der Waals surface area contributed by atoms with Crippen molar-refractivity contribution < 1.29 is 9.47 Å². The summed E-state index contributed by atoms with van der Waals surface area (Å²) in [4.78, 5) is 0. The molecule has 0 N–H and O–H groups in total. The predicted molar refractivity (Wildman–Crippen MR) is 44.6 cm³/mol. The molecule has 0 unspecified atom stereocenters. The second kappa shape index (κ2) is 3.88. The molecule has 0 aromatic rings. The maximum Gasteiger partial charge on any atom is 0.0865 e. The molecule has 0 radical (unpaired) electrons. The minimum atomic E-state index is 0.0906. The zero-order valence-electron chi connectivity index (χ0n) is 7.30. The fraction of sp³-hybridized carbons (Fsp3) is 0.778. The molecule has 2 nitrogen and oxygen atoms in total. The van der Waals surface area contributed by atoms with E-state index in [0.717, 1.165) is 0 Å². The Balaban J connectivity index is 2.14. The van der Waals surface area contributed by atoms with Crippen LogP contribution in [0.15, 0.2) is 12.2 Å². The molecule has 1 rings (SSSR count). The normalized spacial score (nSPS) is 20.9. The summed E-state index contributed by atoms with van der Waals surface area (Å²) in [6.07, 6.45) is 6.53. The van der Waals surface area contributed by atoms with Crippen molar-refractivity contribution in [3.05, 3.63) is 12.2 Å². The highest BCUT2D eigenvalue weighted by atomic mass is 16.5. The van der Waals surface area contributed by atoms with E-state index >= 15 is 0 Å². The van der Waals surface area contributed by atoms with Gasteiger partial charge in [-0.25, -0.2) is 0 Å². The molecule has 0 heterocycles. The van der Waals surface area contributed by atoms with Gasteiger partial charge in [-0.05, 0) is 19.8 Å². The van der Waals surface area contributed by atoms with E-state index in [2.05, 4.69) is 12.2 Å². The van der Waals surface area contributed by atoms with Gasteiger partial charge in [0.25, 0.3) is 0 Å². The first-order valence-electron chi connectivity index (χ1n) is 4.10. The van der Waals surface area contributed by atoms with Gasteiger partial charge in [0.15, 0.2) is 0 Å². The molecule has 1 aliphatic carbocycles. The third-order valence-corrected chi connectivity index (χ3v) is 1.89. The highest BCUT2D eigenvalue weighted by Gasteiger charge is 2.40. The molecule has 0 atom stereocenters. The quantitative estimate of drug-likeness (QED) is 0.446. The lowest BCUT2D eigenvalue weighted by molar-refractivity contribution is 0.0262. The van der Waals surface area contributed by atoms with E-state index in [1.54, 1.807) is 7.11 Å². The Morgan fingerprint density at radius 1 is 1.36 bits per heavy atom. The van der Waals surface area contributed by atoms with Crippen molar-refractivity contribution in [2.24, 2.45) is 0 Å². The second-order valence-corrected chi connectivity index (χ2v) is 2.91. The summed E-state index contributed by atoms with van der Waals surface area (Å²) in [5.41, 5.74) is 0.0906. The summed E-state index contributed by atoms with van der Waals surface area (Å²) < 4.78 is 10.5. The van der Waals surface area contributed by atoms with Crippen LogP contribution < -0.4 is 0 Å². The highest BCUT2D eigenvalue weighted by molar-refractivity contribution is 5.11. The molecular formula is C9H16O2. The summed E-state index contributed by atoms with van der Waals surface area (Å²) in [6, 6.07) is 0. The Morgan fingerprint density at radius 3 is 2.55 bits per heavy atom. The van der Waals surface area contributed by atoms with Crippen LogP contribution in [-0.2, 0) is 9.47 Å². The van der Waals surface area contributed by atoms with Gasteiger partial charge in [-0.3, -0.25) is 0 Å². The number of ether oxygens (including phenoxy) is 2. The summed E-state index contributed by atoms with van der Waals surface area (Å²) in [5.74, 6) is 0. The maximum absolute atomic E-state index is 5.61. The van der Waals surface area contributed by atoms with Crippen molar-refractivity contribution in [1.82, 2.24) is 0 Å². The topological polar surface area (TPSA) is 18.5 Å². The van der Waals surface area contributed by atoms with Crippen LogP contribution in [0.5, 0.6) is 0 Å². The lowest BCUT2D eigenvalue weighted by atomic mass is 10.3. The summed E-state index contributed by atoms with van der Waals surface area (Å²) in [6.45, 7) is 3.43. The fourth-order valence-electron chi connectivity index (χ4n) is 1.11. The Labute approximate surface area is 68.2 Å². The van der Waals surface area contributed by atoms with Crippen LogP contribution >= 0.6 is 0 Å². The van der Waals surface area contributed by atoms with Crippen LogP contribution in [0.3, 0.4) is 0 Å². The zero-order valence-corrected chi connectivity index (χ0v) is 7.30. The maximum atomic E-state index is 5.61. The minimum Gasteiger partial charge on any atom is -0.382 e. The summed E-state index contributed by atoms with van der Waals surface area (Å²) in [5, 5.41) is 0. The summed E-state index contributed by atoms with van der Waals surface area (Å²) >= 11 is 0. The van der Waals surface area contributed by atoms with Crippen LogP contribution in [0.25, 0.3) is 0 Å². The number of hydrogen-bond donors (Lipinski definition) is 0. The highest BCUT2D eigenvalue weighted by Crippen LogP contribution is 2.40. The van der Waals surface area contributed by atoms with Crippen molar-refractivity contribution >= 4 is 0 Å². The van der Waals surface area contributed by atoms with Gasteiger partial charge in [0.1, 0.15) is 0 Å². The monoisotopic (exact) mass is 156 g/mol. The Hall–Kier alpha value is -0.340. The SMILES string of the molecule is C/C=C/C1(OCCOC)CC1. The molecule has 1 aliphatic rings. The van der Waals surface area contributed by atoms with Gasteiger partial charge in [-0.15, -0.1) is 0 Å². The molecule has 0 aromatic carbocycles. The first kappa shape index (κ1) is 8.75. The van der Waals surface area contributed by atoms with Gasteiger partial charge in [0.05, 0.1) is 18.8 Å². The van der Waals surface area contributed by atoms with Crippen LogP contribution in [-0.4, -0.2) is 25.9 Å². The molecule has 1 saturated carbocycles. The van der Waals surface area contributed by atoms with E-state index in [4.69, 9.17) is 9.47 Å². The first-order chi connectivity index (χ1) is 5.33. The molecule has 0 bridgehead atoms. The fourth-order valence-corrected chi connectivity index (χ4v) is 1.11. The molecule has 0 aliphatic heterocycles. The van der Waals surface area contributed by atoms with Gasteiger partial charge >= 0.3 is 0 Å². The van der Waals surface area contributed by atoms with Gasteiger partial charge in [-0.2, -0.15) is 0 Å². The molecule has 1 fully saturated rings. The van der Waals surface area contributed by atoms with Crippen molar-refractivity contribution in [1.29, 1.82) is 0 Å². The van der Waals surface area contributed by atoms with Crippen LogP contribution in [0.1, 0.15) is 19.8 Å². The van der Waals surface area contributed by atoms with Gasteiger partial charge in [0, 0.05) is 7.11 Å². The van der Waals surface area contributed by atoms with Crippen LogP contribution in [0, 0.1) is 0 Å². The largest absolute Gasteiger partial charge is 0.382 e. The lowest BCUT2D eigenvalue weighted by Gasteiger charge is -2.10. The van der Waals surface area contributed by atoms with Gasteiger partial charge < -0.3 is 9.47 Å². The van der Waals surface area contributed by atoms with E-state index in [-0.39, 0.29) is 5.60 Å². The van der Waals surface area contributed by atoms with Crippen LogP contribution in [0.4, 0.5) is 0 Å². The van der Waals surface area contributed by atoms with E-state index < -0.39 is 0 Å². The molecule has 0 aromatic heterocycles. The average Bonchev–Trinajstić information content (AvgIpc) is 2.71. The second-order valence-electron chi connectivity index (χ2n) is 2.91. The van der Waals surface area contributed by atoms with Crippen molar-refractivity contribution in [3.63, 3.8) is 0 Å². The number of rotatable bonds is 5. The number of methoxy groups -OCH3 is 1. The Morgan fingerprint density at radius 2 is 2.09 bits per heavy atom. The smallest absolute Gasteiger partial charge is 0.0865 e. The minimum absolute atomic E-state index is 0.0906. The zero-order chi connectivity index (χ0) is 8.16. The average molecular weight is 156 g/mol. The third kappa shape index (κ3) is 2.64.